The van der Waals surface area contributed by atoms with Crippen LogP contribution in [0.4, 0.5) is 0 Å². The van der Waals surface area contributed by atoms with Gasteiger partial charge in [-0.2, -0.15) is 5.10 Å². The molecule has 0 aliphatic heterocycles. The fraction of sp³-hybridized carbons (Fsp3) is 0.0667. The highest BCUT2D eigenvalue weighted by atomic mass is 79.9. The van der Waals surface area contributed by atoms with Gasteiger partial charge in [-0.1, -0.05) is 58.4 Å². The van der Waals surface area contributed by atoms with E-state index in [0.717, 1.165) is 15.6 Å². The summed E-state index contributed by atoms with van der Waals surface area (Å²) in [5, 5.41) is 3.93. The van der Waals surface area contributed by atoms with E-state index in [-0.39, 0.29) is 5.91 Å². The zero-order chi connectivity index (χ0) is 13.5. The molecule has 0 bridgehead atoms. The summed E-state index contributed by atoms with van der Waals surface area (Å²) in [5.74, 6) is -0.127. The summed E-state index contributed by atoms with van der Waals surface area (Å²) >= 11 is 3.38. The number of amides is 1. The molecular weight excluding hydrogens is 304 g/mol. The zero-order valence-corrected chi connectivity index (χ0v) is 11.8. The molecule has 1 amide bonds. The van der Waals surface area contributed by atoms with Gasteiger partial charge < -0.3 is 0 Å². The second-order valence-corrected chi connectivity index (χ2v) is 4.93. The molecule has 0 radical (unpaired) electrons. The Hall–Kier alpha value is -1.94. The van der Waals surface area contributed by atoms with Crippen LogP contribution >= 0.6 is 15.9 Å². The largest absolute Gasteiger partial charge is 0.273 e. The molecule has 3 nitrogen and oxygen atoms in total. The van der Waals surface area contributed by atoms with Gasteiger partial charge in [0.2, 0.25) is 5.91 Å². The third kappa shape index (κ3) is 4.67. The molecule has 0 aliphatic carbocycles. The van der Waals surface area contributed by atoms with Crippen molar-refractivity contribution in [2.24, 2.45) is 5.10 Å². The Morgan fingerprint density at radius 1 is 1.16 bits per heavy atom. The molecule has 0 saturated heterocycles. The number of nitrogens with zero attached hydrogens (tertiary/aromatic N) is 1. The summed E-state index contributed by atoms with van der Waals surface area (Å²) in [7, 11) is 0. The maximum Gasteiger partial charge on any atom is 0.244 e. The number of carbonyl (C=O) groups is 1. The van der Waals surface area contributed by atoms with Crippen LogP contribution in [0.15, 0.2) is 64.2 Å². The minimum absolute atomic E-state index is 0.127. The fourth-order valence-electron chi connectivity index (χ4n) is 1.59. The first kappa shape index (κ1) is 13.5. The van der Waals surface area contributed by atoms with Crippen LogP contribution in [-0.4, -0.2) is 12.1 Å². The molecule has 2 rings (SSSR count). The molecule has 0 atom stereocenters. The van der Waals surface area contributed by atoms with Crippen molar-refractivity contribution in [1.29, 1.82) is 0 Å². The van der Waals surface area contributed by atoms with Gasteiger partial charge in [0.25, 0.3) is 0 Å². The number of hydrogen-bond donors (Lipinski definition) is 1. The van der Waals surface area contributed by atoms with Gasteiger partial charge in [0.1, 0.15) is 0 Å². The van der Waals surface area contributed by atoms with Crippen molar-refractivity contribution in [2.45, 2.75) is 6.42 Å². The van der Waals surface area contributed by atoms with Crippen LogP contribution in [0.2, 0.25) is 0 Å². The zero-order valence-electron chi connectivity index (χ0n) is 10.2. The molecule has 0 aliphatic rings. The Morgan fingerprint density at radius 3 is 2.68 bits per heavy atom. The topological polar surface area (TPSA) is 41.5 Å². The first-order chi connectivity index (χ1) is 9.24. The maximum absolute atomic E-state index is 11.6. The Morgan fingerprint density at radius 2 is 1.95 bits per heavy atom. The van der Waals surface area contributed by atoms with E-state index >= 15 is 0 Å². The van der Waals surface area contributed by atoms with Crippen LogP contribution in [0, 0.1) is 0 Å². The highest BCUT2D eigenvalue weighted by Gasteiger charge is 2.00. The Labute approximate surface area is 120 Å². The van der Waals surface area contributed by atoms with E-state index in [2.05, 4.69) is 26.5 Å². The lowest BCUT2D eigenvalue weighted by Crippen LogP contribution is -2.19. The molecule has 0 spiro atoms. The number of carbonyl (C=O) groups excluding carboxylic acids is 1. The van der Waals surface area contributed by atoms with Crippen LogP contribution in [0.25, 0.3) is 0 Å². The molecule has 96 valence electrons. The third-order valence-electron chi connectivity index (χ3n) is 2.46. The summed E-state index contributed by atoms with van der Waals surface area (Å²) in [4.78, 5) is 11.6. The van der Waals surface area contributed by atoms with E-state index in [4.69, 9.17) is 0 Å². The van der Waals surface area contributed by atoms with Crippen molar-refractivity contribution >= 4 is 28.1 Å². The van der Waals surface area contributed by atoms with Gasteiger partial charge in [0.05, 0.1) is 12.6 Å². The molecule has 2 aromatic rings. The average Bonchev–Trinajstić information content (AvgIpc) is 2.40. The lowest BCUT2D eigenvalue weighted by Gasteiger charge is -2.00. The van der Waals surface area contributed by atoms with E-state index in [1.165, 1.54) is 0 Å². The molecule has 0 saturated carbocycles. The number of hydrazone groups is 1. The second-order valence-electron chi connectivity index (χ2n) is 4.01. The standard InChI is InChI=1S/C15H13BrN2O/c16-14-8-4-7-13(9-14)11-17-18-15(19)10-12-5-2-1-3-6-12/h1-9,11H,10H2,(H,18,19)/b17-11-. The number of rotatable bonds is 4. The highest BCUT2D eigenvalue weighted by Crippen LogP contribution is 2.09. The summed E-state index contributed by atoms with van der Waals surface area (Å²) in [6.07, 6.45) is 1.95. The van der Waals surface area contributed by atoms with Gasteiger partial charge in [-0.3, -0.25) is 4.79 Å². The Balaban J connectivity index is 1.87. The van der Waals surface area contributed by atoms with Crippen LogP contribution in [-0.2, 0) is 11.2 Å². The minimum Gasteiger partial charge on any atom is -0.273 e. The summed E-state index contributed by atoms with van der Waals surface area (Å²) in [6, 6.07) is 17.3. The molecule has 0 aromatic heterocycles. The van der Waals surface area contributed by atoms with Crippen molar-refractivity contribution in [3.05, 3.63) is 70.2 Å². The highest BCUT2D eigenvalue weighted by molar-refractivity contribution is 9.10. The number of benzene rings is 2. The molecule has 1 N–H and O–H groups in total. The van der Waals surface area contributed by atoms with Gasteiger partial charge >= 0.3 is 0 Å². The SMILES string of the molecule is O=C(Cc1ccccc1)N/N=C\c1cccc(Br)c1. The third-order valence-corrected chi connectivity index (χ3v) is 2.95. The van der Waals surface area contributed by atoms with E-state index in [0.29, 0.717) is 6.42 Å². The van der Waals surface area contributed by atoms with Crippen LogP contribution in [0.5, 0.6) is 0 Å². The number of nitrogens with one attached hydrogen (secondary N) is 1. The summed E-state index contributed by atoms with van der Waals surface area (Å²) in [6.45, 7) is 0. The summed E-state index contributed by atoms with van der Waals surface area (Å²) < 4.78 is 0.979. The Bertz CT molecular complexity index is 582. The van der Waals surface area contributed by atoms with Gasteiger partial charge in [-0.05, 0) is 23.3 Å². The van der Waals surface area contributed by atoms with Crippen molar-refractivity contribution in [2.75, 3.05) is 0 Å². The monoisotopic (exact) mass is 316 g/mol. The van der Waals surface area contributed by atoms with Gasteiger partial charge in [-0.15, -0.1) is 0 Å². The predicted octanol–water partition coefficient (Wildman–Crippen LogP) is 3.14. The summed E-state index contributed by atoms with van der Waals surface area (Å²) in [5.41, 5.74) is 4.41. The number of hydrogen-bond acceptors (Lipinski definition) is 2. The normalized spacial score (nSPS) is 10.6. The van der Waals surface area contributed by atoms with E-state index in [1.807, 2.05) is 54.6 Å². The number of halogens is 1. The van der Waals surface area contributed by atoms with Crippen LogP contribution < -0.4 is 5.43 Å². The molecule has 0 fully saturated rings. The molecule has 2 aromatic carbocycles. The van der Waals surface area contributed by atoms with Gasteiger partial charge in [0.15, 0.2) is 0 Å². The first-order valence-electron chi connectivity index (χ1n) is 5.85. The smallest absolute Gasteiger partial charge is 0.244 e. The average molecular weight is 317 g/mol. The van der Waals surface area contributed by atoms with Gasteiger partial charge in [0, 0.05) is 4.47 Å². The lowest BCUT2D eigenvalue weighted by atomic mass is 10.1. The molecule has 0 unspecified atom stereocenters. The second kappa shape index (κ2) is 6.85. The minimum atomic E-state index is -0.127. The maximum atomic E-state index is 11.6. The van der Waals surface area contributed by atoms with Gasteiger partial charge in [-0.25, -0.2) is 5.43 Å². The Kier molecular flexibility index (Phi) is 4.86. The fourth-order valence-corrected chi connectivity index (χ4v) is 2.00. The van der Waals surface area contributed by atoms with Crippen molar-refractivity contribution < 1.29 is 4.79 Å². The molecular formula is C15H13BrN2O. The molecule has 19 heavy (non-hydrogen) atoms. The molecule has 4 heteroatoms. The van der Waals surface area contributed by atoms with Crippen LogP contribution in [0.1, 0.15) is 11.1 Å². The quantitative estimate of drug-likeness (QED) is 0.683. The van der Waals surface area contributed by atoms with Crippen molar-refractivity contribution in [1.82, 2.24) is 5.43 Å². The van der Waals surface area contributed by atoms with E-state index in [1.54, 1.807) is 6.21 Å². The van der Waals surface area contributed by atoms with E-state index in [9.17, 15) is 4.79 Å². The lowest BCUT2D eigenvalue weighted by molar-refractivity contribution is -0.120. The van der Waals surface area contributed by atoms with Crippen LogP contribution in [0.3, 0.4) is 0 Å². The predicted molar refractivity (Wildman–Crippen MR) is 80.0 cm³/mol. The van der Waals surface area contributed by atoms with E-state index < -0.39 is 0 Å². The van der Waals surface area contributed by atoms with Crippen molar-refractivity contribution in [3.63, 3.8) is 0 Å². The molecule has 0 heterocycles. The first-order valence-corrected chi connectivity index (χ1v) is 6.65. The van der Waals surface area contributed by atoms with Crippen molar-refractivity contribution in [3.8, 4) is 0 Å².